The number of hydrogen-bond donors (Lipinski definition) is 3. The molecule has 1 unspecified atom stereocenters. The van der Waals surface area contributed by atoms with Crippen molar-refractivity contribution in [3.8, 4) is 11.3 Å². The molecule has 2 atom stereocenters. The van der Waals surface area contributed by atoms with Gasteiger partial charge in [-0.3, -0.25) is 15.4 Å². The molecule has 33 heavy (non-hydrogen) atoms. The van der Waals surface area contributed by atoms with Crippen LogP contribution < -0.4 is 10.6 Å². The SMILES string of the molecule is Cc1cc(-c2n[nH]c3cc(NC(=O)N[C@@H]4CN(C)CC4c4ccccc4C)ncc23)ccn1. The first kappa shape index (κ1) is 21.1. The van der Waals surface area contributed by atoms with Crippen molar-refractivity contribution in [1.82, 2.24) is 30.4 Å². The van der Waals surface area contributed by atoms with E-state index in [1.807, 2.05) is 25.1 Å². The number of nitrogens with one attached hydrogen (secondary N) is 3. The van der Waals surface area contributed by atoms with Crippen LogP contribution in [0, 0.1) is 13.8 Å². The molecule has 3 N–H and O–H groups in total. The first-order valence-electron chi connectivity index (χ1n) is 11.1. The quantitative estimate of drug-likeness (QED) is 0.447. The highest BCUT2D eigenvalue weighted by Crippen LogP contribution is 2.30. The number of anilines is 1. The molecule has 1 aliphatic rings. The molecule has 1 saturated heterocycles. The predicted molar refractivity (Wildman–Crippen MR) is 129 cm³/mol. The van der Waals surface area contributed by atoms with E-state index in [1.165, 1.54) is 11.1 Å². The Bertz CT molecular complexity index is 1320. The average molecular weight is 442 g/mol. The van der Waals surface area contributed by atoms with Gasteiger partial charge in [-0.2, -0.15) is 5.10 Å². The van der Waals surface area contributed by atoms with Crippen molar-refractivity contribution in [2.24, 2.45) is 0 Å². The smallest absolute Gasteiger partial charge is 0.320 e. The van der Waals surface area contributed by atoms with Crippen LogP contribution in [0.2, 0.25) is 0 Å². The van der Waals surface area contributed by atoms with Crippen LogP contribution in [0.25, 0.3) is 22.2 Å². The lowest BCUT2D eigenvalue weighted by Gasteiger charge is -2.22. The maximum Gasteiger partial charge on any atom is 0.320 e. The summed E-state index contributed by atoms with van der Waals surface area (Å²) >= 11 is 0. The largest absolute Gasteiger partial charge is 0.333 e. The molecule has 4 aromatic rings. The Morgan fingerprint density at radius 3 is 2.79 bits per heavy atom. The van der Waals surface area contributed by atoms with E-state index in [1.54, 1.807) is 18.5 Å². The van der Waals surface area contributed by atoms with Gasteiger partial charge < -0.3 is 10.2 Å². The maximum atomic E-state index is 12.8. The minimum atomic E-state index is -0.259. The van der Waals surface area contributed by atoms with Gasteiger partial charge in [0.05, 0.1) is 11.6 Å². The Hall–Kier alpha value is -3.78. The van der Waals surface area contributed by atoms with Crippen LogP contribution in [-0.4, -0.2) is 57.3 Å². The number of aromatic nitrogens is 4. The van der Waals surface area contributed by atoms with Crippen molar-refractivity contribution in [3.05, 3.63) is 71.7 Å². The van der Waals surface area contributed by atoms with Crippen LogP contribution in [0.4, 0.5) is 10.6 Å². The summed E-state index contributed by atoms with van der Waals surface area (Å²) in [5.74, 6) is 0.719. The zero-order valence-corrected chi connectivity index (χ0v) is 19.0. The number of aryl methyl sites for hydroxylation is 2. The number of amides is 2. The minimum absolute atomic E-state index is 0.0218. The predicted octanol–water partition coefficient (Wildman–Crippen LogP) is 3.86. The third-order valence-electron chi connectivity index (χ3n) is 6.27. The lowest BCUT2D eigenvalue weighted by Crippen LogP contribution is -2.42. The number of urea groups is 1. The molecule has 3 aromatic heterocycles. The number of nitrogens with zero attached hydrogens (tertiary/aromatic N) is 4. The molecule has 168 valence electrons. The van der Waals surface area contributed by atoms with Crippen LogP contribution >= 0.6 is 0 Å². The summed E-state index contributed by atoms with van der Waals surface area (Å²) in [5, 5.41) is 14.4. The molecule has 1 aromatic carbocycles. The molecule has 2 amide bonds. The van der Waals surface area contributed by atoms with Crippen molar-refractivity contribution in [1.29, 1.82) is 0 Å². The van der Waals surface area contributed by atoms with Gasteiger partial charge in [-0.25, -0.2) is 9.78 Å². The summed E-state index contributed by atoms with van der Waals surface area (Å²) in [5.41, 5.74) is 6.05. The second kappa shape index (κ2) is 8.63. The van der Waals surface area contributed by atoms with Gasteiger partial charge in [0.2, 0.25) is 0 Å². The summed E-state index contributed by atoms with van der Waals surface area (Å²) in [6.07, 6.45) is 3.50. The van der Waals surface area contributed by atoms with E-state index in [9.17, 15) is 4.79 Å². The lowest BCUT2D eigenvalue weighted by atomic mass is 9.91. The monoisotopic (exact) mass is 441 g/mol. The molecular weight excluding hydrogens is 414 g/mol. The summed E-state index contributed by atoms with van der Waals surface area (Å²) in [7, 11) is 2.08. The molecule has 0 spiro atoms. The van der Waals surface area contributed by atoms with Gasteiger partial charge in [0.25, 0.3) is 0 Å². The molecule has 8 nitrogen and oxygen atoms in total. The number of pyridine rings is 2. The molecule has 0 bridgehead atoms. The van der Waals surface area contributed by atoms with E-state index in [-0.39, 0.29) is 18.0 Å². The second-order valence-corrected chi connectivity index (χ2v) is 8.76. The molecule has 0 saturated carbocycles. The van der Waals surface area contributed by atoms with Crippen LogP contribution in [0.5, 0.6) is 0 Å². The molecule has 0 radical (unpaired) electrons. The average Bonchev–Trinajstić information content (AvgIpc) is 3.37. The Balaban J connectivity index is 1.31. The van der Waals surface area contributed by atoms with Crippen LogP contribution in [0.1, 0.15) is 22.7 Å². The topological polar surface area (TPSA) is 98.8 Å². The third kappa shape index (κ3) is 4.29. The van der Waals surface area contributed by atoms with Crippen molar-refractivity contribution in [3.63, 3.8) is 0 Å². The number of likely N-dealkylation sites (tertiary alicyclic amines) is 1. The number of carbonyl (C=O) groups excluding carboxylic acids is 1. The Morgan fingerprint density at radius 2 is 1.97 bits per heavy atom. The van der Waals surface area contributed by atoms with Gasteiger partial charge in [-0.15, -0.1) is 0 Å². The zero-order chi connectivity index (χ0) is 22.9. The standard InChI is InChI=1S/C25H27N7O/c1-15-6-4-5-7-18(15)20-13-32(3)14-22(20)28-25(33)29-23-11-21-19(12-27-23)24(31-30-21)17-8-9-26-16(2)10-17/h4-12,20,22H,13-14H2,1-3H3,(H,30,31)(H2,27,28,29,33)/t20?,22-/m1/s1. The minimum Gasteiger partial charge on any atom is -0.333 e. The Kier molecular flexibility index (Phi) is 5.51. The van der Waals surface area contributed by atoms with Crippen molar-refractivity contribution < 1.29 is 4.79 Å². The summed E-state index contributed by atoms with van der Waals surface area (Å²) in [6, 6.07) is 13.9. The van der Waals surface area contributed by atoms with E-state index in [0.29, 0.717) is 5.82 Å². The number of fused-ring (bicyclic) bond motifs is 1. The highest BCUT2D eigenvalue weighted by molar-refractivity contribution is 5.95. The van der Waals surface area contributed by atoms with Crippen LogP contribution in [0.15, 0.2) is 54.9 Å². The van der Waals surface area contributed by atoms with E-state index in [4.69, 9.17) is 0 Å². The van der Waals surface area contributed by atoms with E-state index in [2.05, 4.69) is 67.9 Å². The molecule has 8 heteroatoms. The number of likely N-dealkylation sites (N-methyl/N-ethyl adjacent to an activating group) is 1. The fraction of sp³-hybridized carbons (Fsp3) is 0.280. The van der Waals surface area contributed by atoms with Gasteiger partial charge in [-0.05, 0) is 44.2 Å². The number of aromatic amines is 1. The summed E-state index contributed by atoms with van der Waals surface area (Å²) < 4.78 is 0. The first-order chi connectivity index (χ1) is 16.0. The van der Waals surface area contributed by atoms with Crippen molar-refractivity contribution >= 4 is 22.8 Å². The third-order valence-corrected chi connectivity index (χ3v) is 6.27. The van der Waals surface area contributed by atoms with E-state index in [0.717, 1.165) is 40.9 Å². The highest BCUT2D eigenvalue weighted by atomic mass is 16.2. The fourth-order valence-electron chi connectivity index (χ4n) is 4.68. The van der Waals surface area contributed by atoms with Crippen LogP contribution in [-0.2, 0) is 0 Å². The second-order valence-electron chi connectivity index (χ2n) is 8.76. The van der Waals surface area contributed by atoms with E-state index < -0.39 is 0 Å². The number of carbonyl (C=O) groups is 1. The number of benzene rings is 1. The fourth-order valence-corrected chi connectivity index (χ4v) is 4.68. The number of hydrogen-bond acceptors (Lipinski definition) is 5. The van der Waals surface area contributed by atoms with E-state index >= 15 is 0 Å². The van der Waals surface area contributed by atoms with Gasteiger partial charge in [-0.1, -0.05) is 24.3 Å². The maximum absolute atomic E-state index is 12.8. The number of rotatable bonds is 4. The summed E-state index contributed by atoms with van der Waals surface area (Å²) in [4.78, 5) is 23.8. The molecule has 5 rings (SSSR count). The van der Waals surface area contributed by atoms with Gasteiger partial charge in [0, 0.05) is 54.1 Å². The Morgan fingerprint density at radius 1 is 1.12 bits per heavy atom. The Labute approximate surface area is 192 Å². The van der Waals surface area contributed by atoms with Gasteiger partial charge in [0.15, 0.2) is 0 Å². The molecule has 0 aliphatic carbocycles. The van der Waals surface area contributed by atoms with Gasteiger partial charge >= 0.3 is 6.03 Å². The molecular formula is C25H27N7O. The molecule has 4 heterocycles. The first-order valence-corrected chi connectivity index (χ1v) is 11.1. The highest BCUT2D eigenvalue weighted by Gasteiger charge is 2.33. The van der Waals surface area contributed by atoms with Gasteiger partial charge in [0.1, 0.15) is 11.5 Å². The zero-order valence-electron chi connectivity index (χ0n) is 19.0. The van der Waals surface area contributed by atoms with Crippen molar-refractivity contribution in [2.75, 3.05) is 25.5 Å². The normalized spacial score (nSPS) is 18.5. The lowest BCUT2D eigenvalue weighted by molar-refractivity contribution is 0.247. The number of H-pyrrole nitrogens is 1. The molecule has 1 aliphatic heterocycles. The summed E-state index contributed by atoms with van der Waals surface area (Å²) in [6.45, 7) is 5.78. The van der Waals surface area contributed by atoms with Crippen molar-refractivity contribution in [2.45, 2.75) is 25.8 Å². The van der Waals surface area contributed by atoms with Crippen LogP contribution in [0.3, 0.4) is 0 Å². The molecule has 1 fully saturated rings.